The predicted molar refractivity (Wildman–Crippen MR) is 78.2 cm³/mol. The Labute approximate surface area is 147 Å². The van der Waals surface area contributed by atoms with E-state index in [1.807, 2.05) is 0 Å². The monoisotopic (exact) mass is 403 g/mol. The Balaban J connectivity index is 2.33. The Hall–Kier alpha value is -2.37. The van der Waals surface area contributed by atoms with Crippen molar-refractivity contribution >= 4 is 0 Å². The lowest BCUT2D eigenvalue weighted by Crippen LogP contribution is -2.42. The Bertz CT molecular complexity index is 782. The maximum absolute atomic E-state index is 13.2. The molecular formula is C15H13F8N3O. The van der Waals surface area contributed by atoms with E-state index in [0.717, 1.165) is 6.07 Å². The van der Waals surface area contributed by atoms with Crippen molar-refractivity contribution in [2.75, 3.05) is 13.2 Å². The number of hydrogen-bond donors (Lipinski definition) is 1. The van der Waals surface area contributed by atoms with Crippen molar-refractivity contribution in [3.05, 3.63) is 36.2 Å². The van der Waals surface area contributed by atoms with Gasteiger partial charge in [-0.1, -0.05) is 6.07 Å². The fraction of sp³-hybridized carbons (Fsp3) is 0.400. The first-order chi connectivity index (χ1) is 12.3. The van der Waals surface area contributed by atoms with Crippen molar-refractivity contribution in [1.82, 2.24) is 9.78 Å². The Morgan fingerprint density at radius 1 is 1.00 bits per heavy atom. The Morgan fingerprint density at radius 2 is 1.67 bits per heavy atom. The Kier molecular flexibility index (Phi) is 5.68. The third kappa shape index (κ3) is 4.87. The summed E-state index contributed by atoms with van der Waals surface area (Å²) in [6.45, 7) is -1.71. The van der Waals surface area contributed by atoms with Gasteiger partial charge < -0.3 is 10.5 Å². The van der Waals surface area contributed by atoms with Crippen molar-refractivity contribution in [3.8, 4) is 16.9 Å². The van der Waals surface area contributed by atoms with Gasteiger partial charge in [0, 0.05) is 18.3 Å². The van der Waals surface area contributed by atoms with Crippen LogP contribution in [0.15, 0.2) is 30.6 Å². The fourth-order valence-corrected chi connectivity index (χ4v) is 2.07. The molecule has 1 heterocycles. The van der Waals surface area contributed by atoms with Crippen LogP contribution < -0.4 is 10.5 Å². The van der Waals surface area contributed by atoms with E-state index in [2.05, 4.69) is 9.84 Å². The lowest BCUT2D eigenvalue weighted by atomic mass is 10.0. The average molecular weight is 403 g/mol. The third-order valence-electron chi connectivity index (χ3n) is 3.43. The molecule has 0 saturated heterocycles. The topological polar surface area (TPSA) is 53.1 Å². The highest BCUT2D eigenvalue weighted by atomic mass is 19.4. The molecule has 1 aromatic carbocycles. The summed E-state index contributed by atoms with van der Waals surface area (Å²) in [7, 11) is 0. The van der Waals surface area contributed by atoms with Crippen molar-refractivity contribution in [3.63, 3.8) is 0 Å². The highest BCUT2D eigenvalue weighted by Crippen LogP contribution is 2.41. The van der Waals surface area contributed by atoms with Crippen LogP contribution in [0.3, 0.4) is 0 Å². The molecular weight excluding hydrogens is 390 g/mol. The minimum atomic E-state index is -5.94. The van der Waals surface area contributed by atoms with E-state index >= 15 is 0 Å². The molecule has 0 unspecified atom stereocenters. The molecule has 0 aliphatic carbocycles. The van der Waals surface area contributed by atoms with Gasteiger partial charge >= 0.3 is 18.3 Å². The van der Waals surface area contributed by atoms with E-state index < -0.39 is 36.2 Å². The van der Waals surface area contributed by atoms with Gasteiger partial charge in [0.15, 0.2) is 6.61 Å². The zero-order valence-electron chi connectivity index (χ0n) is 13.4. The van der Waals surface area contributed by atoms with Crippen LogP contribution in [0.5, 0.6) is 5.75 Å². The number of nitrogens with two attached hydrogens (primary N) is 1. The van der Waals surface area contributed by atoms with E-state index in [1.165, 1.54) is 17.1 Å². The van der Waals surface area contributed by atoms with Gasteiger partial charge in [-0.2, -0.15) is 40.2 Å². The van der Waals surface area contributed by atoms with Crippen LogP contribution in [0.4, 0.5) is 35.1 Å². The summed E-state index contributed by atoms with van der Waals surface area (Å²) in [5.74, 6) is -6.43. The summed E-state index contributed by atoms with van der Waals surface area (Å²) in [6.07, 6.45) is -8.29. The molecule has 0 saturated carbocycles. The largest absolute Gasteiger partial charge is 0.486 e. The second-order valence-corrected chi connectivity index (χ2v) is 5.48. The van der Waals surface area contributed by atoms with E-state index in [4.69, 9.17) is 5.73 Å². The minimum Gasteiger partial charge on any atom is -0.486 e. The van der Waals surface area contributed by atoms with Gasteiger partial charge in [-0.05, 0) is 17.7 Å². The molecule has 2 rings (SSSR count). The van der Waals surface area contributed by atoms with Gasteiger partial charge in [0.1, 0.15) is 5.75 Å². The number of rotatable bonds is 6. The maximum atomic E-state index is 13.2. The molecule has 150 valence electrons. The van der Waals surface area contributed by atoms with Crippen LogP contribution in [0.25, 0.3) is 11.1 Å². The molecule has 1 aromatic heterocycles. The molecule has 0 radical (unpaired) electrons. The summed E-state index contributed by atoms with van der Waals surface area (Å²) in [4.78, 5) is 0. The lowest BCUT2D eigenvalue weighted by molar-refractivity contribution is -0.290. The average Bonchev–Trinajstić information content (AvgIpc) is 3.00. The quantitative estimate of drug-likeness (QED) is 0.739. The second-order valence-electron chi connectivity index (χ2n) is 5.48. The highest BCUT2D eigenvalue weighted by molar-refractivity contribution is 5.64. The van der Waals surface area contributed by atoms with Gasteiger partial charge in [-0.15, -0.1) is 0 Å². The molecule has 0 atom stereocenters. The number of nitrogens with zero attached hydrogens (tertiary/aromatic N) is 2. The zero-order valence-corrected chi connectivity index (χ0v) is 13.4. The first kappa shape index (κ1) is 20.9. The Morgan fingerprint density at radius 3 is 2.22 bits per heavy atom. The standard InChI is InChI=1S/C15H13F8N3O/c16-13(17,15(21,22)23)8-27-12-2-1-9(5-11(12)14(18,19)20)10-6-25-26(7-10)4-3-24/h1-2,5-7H,3-4,8,24H2. The summed E-state index contributed by atoms with van der Waals surface area (Å²) >= 11 is 0. The molecule has 0 amide bonds. The van der Waals surface area contributed by atoms with E-state index in [-0.39, 0.29) is 17.7 Å². The smallest absolute Gasteiger partial charge is 0.456 e. The first-order valence-corrected chi connectivity index (χ1v) is 7.36. The van der Waals surface area contributed by atoms with Gasteiger partial charge in [0.05, 0.1) is 18.3 Å². The number of hydrogen-bond acceptors (Lipinski definition) is 3. The number of halogens is 8. The molecule has 27 heavy (non-hydrogen) atoms. The van der Waals surface area contributed by atoms with Crippen LogP contribution in [-0.4, -0.2) is 35.0 Å². The summed E-state index contributed by atoms with van der Waals surface area (Å²) < 4.78 is 107. The molecule has 0 aliphatic heterocycles. The summed E-state index contributed by atoms with van der Waals surface area (Å²) in [5.41, 5.74) is 4.17. The molecule has 0 spiro atoms. The number of benzene rings is 1. The molecule has 0 fully saturated rings. The summed E-state index contributed by atoms with van der Waals surface area (Å²) in [6, 6.07) is 2.37. The van der Waals surface area contributed by atoms with Crippen molar-refractivity contribution in [1.29, 1.82) is 0 Å². The maximum Gasteiger partial charge on any atom is 0.456 e. The molecule has 0 bridgehead atoms. The van der Waals surface area contributed by atoms with E-state index in [9.17, 15) is 35.1 Å². The minimum absolute atomic E-state index is 0.0283. The van der Waals surface area contributed by atoms with Crippen LogP contribution in [-0.2, 0) is 12.7 Å². The highest BCUT2D eigenvalue weighted by Gasteiger charge is 2.58. The van der Waals surface area contributed by atoms with Crippen molar-refractivity contribution in [2.24, 2.45) is 5.73 Å². The number of aromatic nitrogens is 2. The van der Waals surface area contributed by atoms with Gasteiger partial charge in [0.2, 0.25) is 0 Å². The van der Waals surface area contributed by atoms with Crippen molar-refractivity contribution < 1.29 is 39.9 Å². The van der Waals surface area contributed by atoms with E-state index in [1.54, 1.807) is 0 Å². The summed E-state index contributed by atoms with van der Waals surface area (Å²) in [5, 5.41) is 3.89. The van der Waals surface area contributed by atoms with Crippen LogP contribution in [0.1, 0.15) is 5.56 Å². The fourth-order valence-electron chi connectivity index (χ4n) is 2.07. The van der Waals surface area contributed by atoms with Crippen LogP contribution >= 0.6 is 0 Å². The van der Waals surface area contributed by atoms with E-state index in [0.29, 0.717) is 18.7 Å². The number of alkyl halides is 8. The lowest BCUT2D eigenvalue weighted by Gasteiger charge is -2.21. The number of ether oxygens (including phenoxy) is 1. The second kappa shape index (κ2) is 7.33. The third-order valence-corrected chi connectivity index (χ3v) is 3.43. The normalized spacial score (nSPS) is 13.1. The molecule has 4 nitrogen and oxygen atoms in total. The molecule has 2 aromatic rings. The van der Waals surface area contributed by atoms with Crippen molar-refractivity contribution in [2.45, 2.75) is 24.8 Å². The molecule has 2 N–H and O–H groups in total. The van der Waals surface area contributed by atoms with Gasteiger partial charge in [-0.3, -0.25) is 4.68 Å². The van der Waals surface area contributed by atoms with Gasteiger partial charge in [-0.25, -0.2) is 0 Å². The SMILES string of the molecule is NCCn1cc(-c2ccc(OCC(F)(F)C(F)(F)F)c(C(F)(F)F)c2)cn1. The molecule has 12 heteroatoms. The zero-order chi connectivity index (χ0) is 20.5. The van der Waals surface area contributed by atoms with Crippen LogP contribution in [0, 0.1) is 0 Å². The first-order valence-electron chi connectivity index (χ1n) is 7.36. The van der Waals surface area contributed by atoms with Gasteiger partial charge in [0.25, 0.3) is 0 Å². The van der Waals surface area contributed by atoms with Crippen LogP contribution in [0.2, 0.25) is 0 Å². The molecule has 0 aliphatic rings. The predicted octanol–water partition coefficient (Wildman–Crippen LogP) is 4.10.